The number of hydrogen-bond donors (Lipinski definition) is 0. The zero-order chi connectivity index (χ0) is 15.7. The highest BCUT2D eigenvalue weighted by Gasteiger charge is 2.30. The number of hydrogen-bond acceptors (Lipinski definition) is 3. The molecule has 1 aromatic rings. The molecule has 0 amide bonds. The van der Waals surface area contributed by atoms with E-state index in [2.05, 4.69) is 4.90 Å². The first kappa shape index (κ1) is 16.1. The molecule has 1 aliphatic heterocycles. The summed E-state index contributed by atoms with van der Waals surface area (Å²) in [6.07, 6.45) is -4.28. The normalized spacial score (nSPS) is 18.1. The second-order valence-electron chi connectivity index (χ2n) is 6.16. The molecule has 21 heavy (non-hydrogen) atoms. The molecule has 0 aliphatic carbocycles. The lowest BCUT2D eigenvalue weighted by Crippen LogP contribution is -2.48. The van der Waals surface area contributed by atoms with E-state index in [9.17, 15) is 13.2 Å². The average molecular weight is 302 g/mol. The van der Waals surface area contributed by atoms with Crippen LogP contribution in [0, 0.1) is 0 Å². The average Bonchev–Trinajstić information content (AvgIpc) is 2.37. The van der Waals surface area contributed by atoms with Crippen LogP contribution in [0.2, 0.25) is 0 Å². The summed E-state index contributed by atoms with van der Waals surface area (Å²) in [6, 6.07) is 5.33. The Morgan fingerprint density at radius 3 is 1.86 bits per heavy atom. The van der Waals surface area contributed by atoms with Gasteiger partial charge in [-0.1, -0.05) is 0 Å². The molecule has 1 heterocycles. The lowest BCUT2D eigenvalue weighted by Gasteiger charge is -2.38. The second kappa shape index (κ2) is 5.85. The fourth-order valence-corrected chi connectivity index (χ4v) is 2.29. The molecule has 2 rings (SSSR count). The van der Waals surface area contributed by atoms with Gasteiger partial charge in [-0.3, -0.25) is 4.84 Å². The van der Waals surface area contributed by atoms with Crippen LogP contribution in [0.15, 0.2) is 24.3 Å². The van der Waals surface area contributed by atoms with Gasteiger partial charge in [-0.05, 0) is 45.0 Å². The SMILES string of the molecule is CC(C)(C)ON1CCN(c2ccc(C(F)(F)F)cc2)CC1. The largest absolute Gasteiger partial charge is 0.416 e. The Balaban J connectivity index is 1.93. The van der Waals surface area contributed by atoms with Crippen molar-refractivity contribution < 1.29 is 18.0 Å². The number of benzene rings is 1. The Labute approximate surface area is 123 Å². The topological polar surface area (TPSA) is 15.7 Å². The first-order valence-electron chi connectivity index (χ1n) is 7.01. The van der Waals surface area contributed by atoms with Gasteiger partial charge in [0.15, 0.2) is 0 Å². The molecule has 1 fully saturated rings. The maximum atomic E-state index is 12.5. The van der Waals surface area contributed by atoms with Gasteiger partial charge in [0.25, 0.3) is 0 Å². The summed E-state index contributed by atoms with van der Waals surface area (Å²) in [7, 11) is 0. The molecule has 0 aromatic heterocycles. The van der Waals surface area contributed by atoms with Crippen molar-refractivity contribution in [3.63, 3.8) is 0 Å². The van der Waals surface area contributed by atoms with Gasteiger partial charge in [0, 0.05) is 31.9 Å². The van der Waals surface area contributed by atoms with Crippen molar-refractivity contribution in [3.8, 4) is 0 Å². The Morgan fingerprint density at radius 1 is 0.905 bits per heavy atom. The zero-order valence-corrected chi connectivity index (χ0v) is 12.6. The van der Waals surface area contributed by atoms with Crippen molar-refractivity contribution in [2.75, 3.05) is 31.1 Å². The smallest absolute Gasteiger partial charge is 0.369 e. The summed E-state index contributed by atoms with van der Waals surface area (Å²) in [6.45, 7) is 8.93. The van der Waals surface area contributed by atoms with Crippen molar-refractivity contribution in [3.05, 3.63) is 29.8 Å². The lowest BCUT2D eigenvalue weighted by molar-refractivity contribution is -0.230. The molecular formula is C15H21F3N2O. The summed E-state index contributed by atoms with van der Waals surface area (Å²) in [5, 5.41) is 1.92. The molecule has 0 bridgehead atoms. The highest BCUT2D eigenvalue weighted by atomic mass is 19.4. The van der Waals surface area contributed by atoms with Crippen LogP contribution in [0.25, 0.3) is 0 Å². The first-order chi connectivity index (χ1) is 9.65. The predicted molar refractivity (Wildman–Crippen MR) is 76.1 cm³/mol. The van der Waals surface area contributed by atoms with Gasteiger partial charge < -0.3 is 4.90 Å². The third-order valence-corrected chi connectivity index (χ3v) is 3.20. The Kier molecular flexibility index (Phi) is 4.49. The van der Waals surface area contributed by atoms with E-state index in [1.54, 1.807) is 0 Å². The fourth-order valence-electron chi connectivity index (χ4n) is 2.29. The van der Waals surface area contributed by atoms with E-state index in [0.29, 0.717) is 0 Å². The molecule has 118 valence electrons. The lowest BCUT2D eigenvalue weighted by atomic mass is 10.1. The quantitative estimate of drug-likeness (QED) is 0.831. The maximum Gasteiger partial charge on any atom is 0.416 e. The molecule has 1 aromatic carbocycles. The fraction of sp³-hybridized carbons (Fsp3) is 0.600. The summed E-state index contributed by atoms with van der Waals surface area (Å²) < 4.78 is 37.6. The summed E-state index contributed by atoms with van der Waals surface area (Å²) in [5.41, 5.74) is -0.0179. The van der Waals surface area contributed by atoms with E-state index in [0.717, 1.165) is 44.0 Å². The van der Waals surface area contributed by atoms with Gasteiger partial charge in [0.1, 0.15) is 0 Å². The van der Waals surface area contributed by atoms with Crippen LogP contribution in [0.4, 0.5) is 18.9 Å². The summed E-state index contributed by atoms with van der Waals surface area (Å²) >= 11 is 0. The third-order valence-electron chi connectivity index (χ3n) is 3.20. The van der Waals surface area contributed by atoms with Crippen LogP contribution in [0.1, 0.15) is 26.3 Å². The number of nitrogens with zero attached hydrogens (tertiary/aromatic N) is 2. The van der Waals surface area contributed by atoms with Crippen LogP contribution in [0.3, 0.4) is 0 Å². The minimum absolute atomic E-state index is 0.226. The highest BCUT2D eigenvalue weighted by Crippen LogP contribution is 2.30. The van der Waals surface area contributed by atoms with Crippen molar-refractivity contribution in [1.29, 1.82) is 0 Å². The van der Waals surface area contributed by atoms with Gasteiger partial charge >= 0.3 is 6.18 Å². The van der Waals surface area contributed by atoms with Gasteiger partial charge in [-0.15, -0.1) is 0 Å². The van der Waals surface area contributed by atoms with Crippen LogP contribution in [-0.2, 0) is 11.0 Å². The molecule has 0 radical (unpaired) electrons. The molecule has 0 unspecified atom stereocenters. The van der Waals surface area contributed by atoms with Crippen molar-refractivity contribution in [2.24, 2.45) is 0 Å². The van der Waals surface area contributed by atoms with Crippen LogP contribution in [0.5, 0.6) is 0 Å². The van der Waals surface area contributed by atoms with Crippen LogP contribution < -0.4 is 4.90 Å². The molecule has 0 atom stereocenters. The molecule has 6 heteroatoms. The number of anilines is 1. The number of hydroxylamine groups is 2. The Bertz CT molecular complexity index is 457. The monoisotopic (exact) mass is 302 g/mol. The van der Waals surface area contributed by atoms with Crippen molar-refractivity contribution in [2.45, 2.75) is 32.5 Å². The number of piperazine rings is 1. The van der Waals surface area contributed by atoms with E-state index < -0.39 is 11.7 Å². The number of rotatable bonds is 2. The van der Waals surface area contributed by atoms with E-state index in [1.165, 1.54) is 12.1 Å². The van der Waals surface area contributed by atoms with Crippen molar-refractivity contribution in [1.82, 2.24) is 5.06 Å². The molecule has 0 spiro atoms. The molecule has 1 saturated heterocycles. The minimum Gasteiger partial charge on any atom is -0.369 e. The number of halogens is 3. The van der Waals surface area contributed by atoms with Gasteiger partial charge in [-0.25, -0.2) is 0 Å². The maximum absolute atomic E-state index is 12.5. The summed E-state index contributed by atoms with van der Waals surface area (Å²) in [4.78, 5) is 7.86. The van der Waals surface area contributed by atoms with Crippen LogP contribution >= 0.6 is 0 Å². The first-order valence-corrected chi connectivity index (χ1v) is 7.01. The Morgan fingerprint density at radius 2 is 1.43 bits per heavy atom. The van der Waals surface area contributed by atoms with E-state index >= 15 is 0 Å². The summed E-state index contributed by atoms with van der Waals surface area (Å²) in [5.74, 6) is 0. The molecule has 1 aliphatic rings. The highest BCUT2D eigenvalue weighted by molar-refractivity contribution is 5.48. The molecule has 0 N–H and O–H groups in total. The molecule has 3 nitrogen and oxygen atoms in total. The molecular weight excluding hydrogens is 281 g/mol. The van der Waals surface area contributed by atoms with Crippen LogP contribution in [-0.4, -0.2) is 36.8 Å². The van der Waals surface area contributed by atoms with Gasteiger partial charge in [0.05, 0.1) is 11.2 Å². The van der Waals surface area contributed by atoms with Crippen molar-refractivity contribution >= 4 is 5.69 Å². The van der Waals surface area contributed by atoms with E-state index in [4.69, 9.17) is 4.84 Å². The van der Waals surface area contributed by atoms with E-state index in [1.807, 2.05) is 25.8 Å². The second-order valence-corrected chi connectivity index (χ2v) is 6.16. The molecule has 0 saturated carbocycles. The Hall–Kier alpha value is -1.27. The number of alkyl halides is 3. The minimum atomic E-state index is -4.28. The zero-order valence-electron chi connectivity index (χ0n) is 12.6. The predicted octanol–water partition coefficient (Wildman–Crippen LogP) is 3.56. The third kappa shape index (κ3) is 4.61. The van der Waals surface area contributed by atoms with Gasteiger partial charge in [-0.2, -0.15) is 18.2 Å². The van der Waals surface area contributed by atoms with Gasteiger partial charge in [0.2, 0.25) is 0 Å². The van der Waals surface area contributed by atoms with E-state index in [-0.39, 0.29) is 5.60 Å². The standard InChI is InChI=1S/C15H21F3N2O/c1-14(2,3)21-20-10-8-19(9-11-20)13-6-4-12(5-7-13)15(16,17)18/h4-7H,8-11H2,1-3H3.